The number of hydrogen-bond donors (Lipinski definition) is 1. The van der Waals surface area contributed by atoms with Crippen LogP contribution in [0.1, 0.15) is 11.1 Å². The van der Waals surface area contributed by atoms with Crippen molar-refractivity contribution in [3.63, 3.8) is 0 Å². The van der Waals surface area contributed by atoms with Crippen molar-refractivity contribution in [2.45, 2.75) is 18.1 Å². The summed E-state index contributed by atoms with van der Waals surface area (Å²) in [5, 5.41) is 2.90. The van der Waals surface area contributed by atoms with E-state index in [2.05, 4.69) is 5.32 Å². The highest BCUT2D eigenvalue weighted by molar-refractivity contribution is 7.91. The molecule has 2 heterocycles. The van der Waals surface area contributed by atoms with Crippen LogP contribution in [0.25, 0.3) is 0 Å². The number of anilines is 1. The molecule has 1 aliphatic rings. The number of hydrogen-bond acceptors (Lipinski definition) is 5. The van der Waals surface area contributed by atoms with Gasteiger partial charge in [0.2, 0.25) is 5.91 Å². The predicted octanol–water partition coefficient (Wildman–Crippen LogP) is 2.96. The lowest BCUT2D eigenvalue weighted by Gasteiger charge is -2.33. The van der Waals surface area contributed by atoms with Crippen molar-refractivity contribution in [1.29, 1.82) is 0 Å². The summed E-state index contributed by atoms with van der Waals surface area (Å²) >= 11 is 6.91. The minimum Gasteiger partial charge on any atom is -0.325 e. The van der Waals surface area contributed by atoms with Crippen LogP contribution in [0.4, 0.5) is 5.69 Å². The molecule has 1 aromatic heterocycles. The van der Waals surface area contributed by atoms with Gasteiger partial charge in [0.1, 0.15) is 4.21 Å². The first-order valence-corrected chi connectivity index (χ1v) is 11.2. The number of halogens is 1. The molecule has 9 heteroatoms. The molecule has 0 saturated carbocycles. The third kappa shape index (κ3) is 4.89. The standard InChI is InChI=1S/C18H22ClN3O3S2/c1-13-3-4-15(11-14(13)2)20-17(23)12-21-7-9-22(10-8-21)27(24,25)18-6-5-16(19)26-18/h3-6,11H,7-10,12H2,1-2H3,(H,20,23). The Labute approximate surface area is 168 Å². The van der Waals surface area contributed by atoms with Crippen molar-refractivity contribution in [2.24, 2.45) is 0 Å². The summed E-state index contributed by atoms with van der Waals surface area (Å²) < 4.78 is 27.4. The summed E-state index contributed by atoms with van der Waals surface area (Å²) in [6, 6.07) is 8.93. The van der Waals surface area contributed by atoms with E-state index in [1.165, 1.54) is 15.9 Å². The van der Waals surface area contributed by atoms with Gasteiger partial charge >= 0.3 is 0 Å². The number of piperazine rings is 1. The minimum absolute atomic E-state index is 0.0976. The number of carbonyl (C=O) groups excluding carboxylic acids is 1. The zero-order chi connectivity index (χ0) is 19.6. The first-order chi connectivity index (χ1) is 12.8. The molecule has 27 heavy (non-hydrogen) atoms. The van der Waals surface area contributed by atoms with Gasteiger partial charge in [-0.05, 0) is 49.2 Å². The molecule has 0 radical (unpaired) electrons. The predicted molar refractivity (Wildman–Crippen MR) is 109 cm³/mol. The maximum atomic E-state index is 12.6. The molecule has 0 unspecified atom stereocenters. The monoisotopic (exact) mass is 427 g/mol. The fourth-order valence-corrected chi connectivity index (χ4v) is 5.97. The van der Waals surface area contributed by atoms with E-state index in [-0.39, 0.29) is 16.7 Å². The molecule has 6 nitrogen and oxygen atoms in total. The van der Waals surface area contributed by atoms with Crippen molar-refractivity contribution in [2.75, 3.05) is 38.0 Å². The van der Waals surface area contributed by atoms with Crippen LogP contribution in [0.15, 0.2) is 34.5 Å². The Bertz CT molecular complexity index is 935. The van der Waals surface area contributed by atoms with E-state index in [0.717, 1.165) is 22.6 Å². The smallest absolute Gasteiger partial charge is 0.252 e. The molecule has 0 bridgehead atoms. The molecule has 146 valence electrons. The van der Waals surface area contributed by atoms with Crippen LogP contribution in [0.2, 0.25) is 4.34 Å². The van der Waals surface area contributed by atoms with Crippen LogP contribution in [0.5, 0.6) is 0 Å². The second-order valence-electron chi connectivity index (χ2n) is 6.59. The van der Waals surface area contributed by atoms with Crippen molar-refractivity contribution in [1.82, 2.24) is 9.21 Å². The zero-order valence-electron chi connectivity index (χ0n) is 15.2. The number of carbonyl (C=O) groups is 1. The Morgan fingerprint density at radius 2 is 1.81 bits per heavy atom. The lowest BCUT2D eigenvalue weighted by molar-refractivity contribution is -0.117. The SMILES string of the molecule is Cc1ccc(NC(=O)CN2CCN(S(=O)(=O)c3ccc(Cl)s3)CC2)cc1C. The Morgan fingerprint density at radius 3 is 2.41 bits per heavy atom. The van der Waals surface area contributed by atoms with Gasteiger partial charge in [0.15, 0.2) is 0 Å². The normalized spacial score (nSPS) is 16.4. The first-order valence-electron chi connectivity index (χ1n) is 8.60. The fourth-order valence-electron chi connectivity index (χ4n) is 2.91. The average molecular weight is 428 g/mol. The van der Waals surface area contributed by atoms with Gasteiger partial charge in [-0.3, -0.25) is 9.69 Å². The Hall–Kier alpha value is -1.45. The number of rotatable bonds is 5. The fraction of sp³-hybridized carbons (Fsp3) is 0.389. The molecule has 0 aliphatic carbocycles. The summed E-state index contributed by atoms with van der Waals surface area (Å²) in [6.07, 6.45) is 0. The number of aryl methyl sites for hydroxylation is 2. The van der Waals surface area contributed by atoms with Gasteiger partial charge in [0.05, 0.1) is 10.9 Å². The molecule has 0 atom stereocenters. The van der Waals surface area contributed by atoms with Gasteiger partial charge < -0.3 is 5.32 Å². The summed E-state index contributed by atoms with van der Waals surface area (Å²) in [5.74, 6) is -0.0976. The van der Waals surface area contributed by atoms with Gasteiger partial charge in [0.25, 0.3) is 10.0 Å². The van der Waals surface area contributed by atoms with Crippen molar-refractivity contribution < 1.29 is 13.2 Å². The van der Waals surface area contributed by atoms with E-state index >= 15 is 0 Å². The third-order valence-electron chi connectivity index (χ3n) is 4.63. The molecule has 1 aromatic carbocycles. The topological polar surface area (TPSA) is 69.7 Å². The molecular formula is C18H22ClN3O3S2. The second-order valence-corrected chi connectivity index (χ2v) is 10.5. The largest absolute Gasteiger partial charge is 0.325 e. The highest BCUT2D eigenvalue weighted by Gasteiger charge is 2.30. The van der Waals surface area contributed by atoms with Crippen LogP contribution < -0.4 is 5.32 Å². The molecule has 1 saturated heterocycles. The molecule has 1 amide bonds. The van der Waals surface area contributed by atoms with E-state index in [0.29, 0.717) is 30.5 Å². The summed E-state index contributed by atoms with van der Waals surface area (Å²) in [5.41, 5.74) is 3.08. The number of nitrogens with zero attached hydrogens (tertiary/aromatic N) is 2. The van der Waals surface area contributed by atoms with Crippen molar-refractivity contribution in [3.05, 3.63) is 45.8 Å². The van der Waals surface area contributed by atoms with Gasteiger partial charge in [-0.1, -0.05) is 17.7 Å². The van der Waals surface area contributed by atoms with Gasteiger partial charge in [-0.15, -0.1) is 11.3 Å². The maximum absolute atomic E-state index is 12.6. The minimum atomic E-state index is -3.51. The average Bonchev–Trinajstić information content (AvgIpc) is 3.06. The van der Waals surface area contributed by atoms with Gasteiger partial charge in [-0.2, -0.15) is 4.31 Å². The highest BCUT2D eigenvalue weighted by Crippen LogP contribution is 2.28. The van der Waals surface area contributed by atoms with Crippen LogP contribution in [-0.2, 0) is 14.8 Å². The Balaban J connectivity index is 1.53. The van der Waals surface area contributed by atoms with Gasteiger partial charge in [0, 0.05) is 31.9 Å². The summed E-state index contributed by atoms with van der Waals surface area (Å²) in [6.45, 7) is 6.01. The van der Waals surface area contributed by atoms with Crippen LogP contribution in [-0.4, -0.2) is 56.3 Å². The highest BCUT2D eigenvalue weighted by atomic mass is 35.5. The number of thiophene rings is 1. The lowest BCUT2D eigenvalue weighted by atomic mass is 10.1. The molecular weight excluding hydrogens is 406 g/mol. The molecule has 0 spiro atoms. The first kappa shape index (κ1) is 20.3. The van der Waals surface area contributed by atoms with Gasteiger partial charge in [-0.25, -0.2) is 8.42 Å². The third-order valence-corrected chi connectivity index (χ3v) is 8.23. The summed E-state index contributed by atoms with van der Waals surface area (Å²) in [4.78, 5) is 14.2. The summed E-state index contributed by atoms with van der Waals surface area (Å²) in [7, 11) is -3.51. The second kappa shape index (κ2) is 8.28. The van der Waals surface area contributed by atoms with E-state index in [4.69, 9.17) is 11.6 Å². The van der Waals surface area contributed by atoms with E-state index < -0.39 is 10.0 Å². The van der Waals surface area contributed by atoms with Crippen molar-refractivity contribution >= 4 is 44.6 Å². The van der Waals surface area contributed by atoms with E-state index in [9.17, 15) is 13.2 Å². The van der Waals surface area contributed by atoms with Crippen LogP contribution >= 0.6 is 22.9 Å². The number of amides is 1. The molecule has 3 rings (SSSR count). The Kier molecular flexibility index (Phi) is 6.22. The van der Waals surface area contributed by atoms with Crippen LogP contribution in [0, 0.1) is 13.8 Å². The Morgan fingerprint density at radius 1 is 1.11 bits per heavy atom. The molecule has 2 aromatic rings. The molecule has 1 fully saturated rings. The maximum Gasteiger partial charge on any atom is 0.252 e. The zero-order valence-corrected chi connectivity index (χ0v) is 17.6. The molecule has 1 N–H and O–H groups in total. The number of nitrogens with one attached hydrogen (secondary N) is 1. The van der Waals surface area contributed by atoms with E-state index in [1.54, 1.807) is 6.07 Å². The number of sulfonamides is 1. The van der Waals surface area contributed by atoms with Crippen molar-refractivity contribution in [3.8, 4) is 0 Å². The van der Waals surface area contributed by atoms with E-state index in [1.807, 2.05) is 36.9 Å². The quantitative estimate of drug-likeness (QED) is 0.796. The van der Waals surface area contributed by atoms with Crippen LogP contribution in [0.3, 0.4) is 0 Å². The number of benzene rings is 1. The lowest BCUT2D eigenvalue weighted by Crippen LogP contribution is -2.50. The molecule has 1 aliphatic heterocycles.